The average molecular weight is 889 g/mol. The third kappa shape index (κ3) is 46.2. The summed E-state index contributed by atoms with van der Waals surface area (Å²) >= 11 is 4.25. The molecule has 0 aliphatic rings. The standard InChI is InChI=1S/C41H76O18S/c1-42-6-7-43-8-9-44-10-11-45-12-13-46-14-15-47-16-17-48-18-19-49-20-21-50-22-23-51-24-25-52-26-27-53-28-29-54-30-31-55-32-33-56-34-35-57-36-37-58-38-39-59-40-2-4-41(60)5-3-40/h2-5,60H,6-39H2,1H3. The SMILES string of the molecule is COCCOCCOCCOCCOCCOCCOCCOCCOCCOCCOCCOCCOCCOCCOCCOCCOCCOc1ccc(S)cc1. The zero-order valence-electron chi connectivity index (χ0n) is 36.1. The van der Waals surface area contributed by atoms with Gasteiger partial charge in [-0.2, -0.15) is 0 Å². The van der Waals surface area contributed by atoms with Crippen molar-refractivity contribution in [3.8, 4) is 5.75 Å². The van der Waals surface area contributed by atoms with E-state index in [2.05, 4.69) is 12.6 Å². The molecule has 0 amide bonds. The maximum absolute atomic E-state index is 5.58. The third-order valence-corrected chi connectivity index (χ3v) is 7.64. The molecule has 1 rings (SSSR count). The van der Waals surface area contributed by atoms with Crippen LogP contribution in [0.25, 0.3) is 0 Å². The Hall–Kier alpha value is -1.31. The van der Waals surface area contributed by atoms with Gasteiger partial charge in [-0.3, -0.25) is 0 Å². The number of thiol groups is 1. The van der Waals surface area contributed by atoms with Crippen molar-refractivity contribution in [3.63, 3.8) is 0 Å². The molecule has 60 heavy (non-hydrogen) atoms. The van der Waals surface area contributed by atoms with Crippen LogP contribution in [0.5, 0.6) is 5.75 Å². The van der Waals surface area contributed by atoms with Gasteiger partial charge in [0.1, 0.15) is 12.4 Å². The number of rotatable bonds is 52. The van der Waals surface area contributed by atoms with Crippen LogP contribution in [0, 0.1) is 0 Å². The summed E-state index contributed by atoms with van der Waals surface area (Å²) in [5.41, 5.74) is 0. The second-order valence-electron chi connectivity index (χ2n) is 12.1. The minimum atomic E-state index is 0.486. The predicted molar refractivity (Wildman–Crippen MR) is 224 cm³/mol. The van der Waals surface area contributed by atoms with Crippen LogP contribution in [0.3, 0.4) is 0 Å². The number of methoxy groups -OCH3 is 1. The molecule has 0 bridgehead atoms. The summed E-state index contributed by atoms with van der Waals surface area (Å²) in [4.78, 5) is 0.902. The van der Waals surface area contributed by atoms with Crippen LogP contribution >= 0.6 is 12.6 Å². The van der Waals surface area contributed by atoms with Crippen molar-refractivity contribution < 1.29 is 85.3 Å². The van der Waals surface area contributed by atoms with Gasteiger partial charge in [-0.15, -0.1) is 12.6 Å². The van der Waals surface area contributed by atoms with Gasteiger partial charge in [-0.05, 0) is 24.3 Å². The van der Waals surface area contributed by atoms with Crippen molar-refractivity contribution in [2.45, 2.75) is 4.90 Å². The highest BCUT2D eigenvalue weighted by molar-refractivity contribution is 7.80. The van der Waals surface area contributed by atoms with E-state index in [0.717, 1.165) is 10.6 Å². The molecule has 19 heteroatoms. The predicted octanol–water partition coefficient (Wildman–Crippen LogP) is 2.27. The van der Waals surface area contributed by atoms with Crippen molar-refractivity contribution in [3.05, 3.63) is 24.3 Å². The maximum atomic E-state index is 5.58. The molecule has 0 fully saturated rings. The van der Waals surface area contributed by atoms with Crippen molar-refractivity contribution in [2.24, 2.45) is 0 Å². The monoisotopic (exact) mass is 888 g/mol. The van der Waals surface area contributed by atoms with Crippen LogP contribution in [-0.2, 0) is 80.5 Å². The van der Waals surface area contributed by atoms with Gasteiger partial charge in [0.2, 0.25) is 0 Å². The van der Waals surface area contributed by atoms with Crippen molar-refractivity contribution >= 4 is 12.6 Å². The summed E-state index contributed by atoms with van der Waals surface area (Å²) in [6, 6.07) is 7.53. The minimum Gasteiger partial charge on any atom is -0.491 e. The van der Waals surface area contributed by atoms with E-state index in [4.69, 9.17) is 85.3 Å². The molecular weight excluding hydrogens is 812 g/mol. The first-order chi connectivity index (χ1) is 29.8. The first-order valence-electron chi connectivity index (χ1n) is 21.0. The van der Waals surface area contributed by atoms with E-state index in [9.17, 15) is 0 Å². The fraction of sp³-hybridized carbons (Fsp3) is 0.854. The topological polar surface area (TPSA) is 166 Å². The highest BCUT2D eigenvalue weighted by Gasteiger charge is 1.99. The fourth-order valence-corrected chi connectivity index (χ4v) is 4.45. The molecular formula is C41H76O18S. The van der Waals surface area contributed by atoms with Crippen LogP contribution in [0.1, 0.15) is 0 Å². The Balaban J connectivity index is 1.60. The number of benzene rings is 1. The van der Waals surface area contributed by atoms with Gasteiger partial charge in [0.05, 0.1) is 218 Å². The number of ether oxygens (including phenoxy) is 18. The lowest BCUT2D eigenvalue weighted by Gasteiger charge is -2.09. The third-order valence-electron chi connectivity index (χ3n) is 7.35. The molecule has 354 valence electrons. The molecule has 1 aromatic rings. The normalized spacial score (nSPS) is 11.6. The second kappa shape index (κ2) is 50.3. The summed E-state index contributed by atoms with van der Waals surface area (Å²) in [6.45, 7) is 17.3. The molecule has 0 aliphatic heterocycles. The van der Waals surface area contributed by atoms with Gasteiger partial charge in [0.15, 0.2) is 0 Å². The molecule has 0 atom stereocenters. The molecule has 0 heterocycles. The zero-order chi connectivity index (χ0) is 42.8. The van der Waals surface area contributed by atoms with Crippen LogP contribution in [0.2, 0.25) is 0 Å². The van der Waals surface area contributed by atoms with Gasteiger partial charge in [0.25, 0.3) is 0 Å². The highest BCUT2D eigenvalue weighted by Crippen LogP contribution is 2.14. The van der Waals surface area contributed by atoms with E-state index in [1.54, 1.807) is 7.11 Å². The quantitative estimate of drug-likeness (QED) is 0.0747. The Morgan fingerprint density at radius 3 is 0.600 bits per heavy atom. The summed E-state index contributed by atoms with van der Waals surface area (Å²) in [5, 5.41) is 0. The highest BCUT2D eigenvalue weighted by atomic mass is 32.1. The number of hydrogen-bond acceptors (Lipinski definition) is 19. The Morgan fingerprint density at radius 1 is 0.250 bits per heavy atom. The van der Waals surface area contributed by atoms with Crippen LogP contribution in [-0.4, -0.2) is 232 Å². The summed E-state index contributed by atoms with van der Waals surface area (Å²) in [5.74, 6) is 0.799. The molecule has 0 saturated carbocycles. The number of hydrogen-bond donors (Lipinski definition) is 1. The minimum absolute atomic E-state index is 0.486. The van der Waals surface area contributed by atoms with Crippen molar-refractivity contribution in [2.75, 3.05) is 232 Å². The summed E-state index contributed by atoms with van der Waals surface area (Å²) in [6.07, 6.45) is 0. The first-order valence-corrected chi connectivity index (χ1v) is 21.4. The molecule has 0 N–H and O–H groups in total. The summed E-state index contributed by atoms with van der Waals surface area (Å²) in [7, 11) is 1.64. The van der Waals surface area contributed by atoms with Gasteiger partial charge in [-0.25, -0.2) is 0 Å². The van der Waals surface area contributed by atoms with E-state index < -0.39 is 0 Å². The van der Waals surface area contributed by atoms with E-state index in [-0.39, 0.29) is 0 Å². The molecule has 18 nitrogen and oxygen atoms in total. The zero-order valence-corrected chi connectivity index (χ0v) is 37.0. The first kappa shape index (κ1) is 56.7. The second-order valence-corrected chi connectivity index (χ2v) is 12.6. The lowest BCUT2D eigenvalue weighted by molar-refractivity contribution is -0.0306. The van der Waals surface area contributed by atoms with E-state index in [1.165, 1.54) is 0 Å². The Morgan fingerprint density at radius 2 is 0.417 bits per heavy atom. The van der Waals surface area contributed by atoms with E-state index in [0.29, 0.717) is 225 Å². The Bertz CT molecular complexity index is 941. The molecule has 0 aromatic heterocycles. The van der Waals surface area contributed by atoms with Crippen molar-refractivity contribution in [1.29, 1.82) is 0 Å². The smallest absolute Gasteiger partial charge is 0.119 e. The lowest BCUT2D eigenvalue weighted by atomic mass is 10.3. The van der Waals surface area contributed by atoms with E-state index in [1.807, 2.05) is 24.3 Å². The van der Waals surface area contributed by atoms with Crippen LogP contribution < -0.4 is 4.74 Å². The molecule has 1 aromatic carbocycles. The van der Waals surface area contributed by atoms with E-state index >= 15 is 0 Å². The van der Waals surface area contributed by atoms with Gasteiger partial charge in [-0.1, -0.05) is 0 Å². The fourth-order valence-electron chi connectivity index (χ4n) is 4.30. The molecule has 0 spiro atoms. The van der Waals surface area contributed by atoms with Crippen molar-refractivity contribution in [1.82, 2.24) is 0 Å². The van der Waals surface area contributed by atoms with Gasteiger partial charge >= 0.3 is 0 Å². The molecule has 0 saturated heterocycles. The lowest BCUT2D eigenvalue weighted by Crippen LogP contribution is -2.16. The molecule has 0 unspecified atom stereocenters. The molecule has 0 radical (unpaired) electrons. The van der Waals surface area contributed by atoms with Crippen LogP contribution in [0.15, 0.2) is 29.2 Å². The largest absolute Gasteiger partial charge is 0.491 e. The molecule has 0 aliphatic carbocycles. The summed E-state index contributed by atoms with van der Waals surface area (Å²) < 4.78 is 98.1. The Kier molecular flexibility index (Phi) is 47.6. The van der Waals surface area contributed by atoms with Crippen LogP contribution in [0.4, 0.5) is 0 Å². The average Bonchev–Trinajstić information content (AvgIpc) is 3.26. The van der Waals surface area contributed by atoms with Gasteiger partial charge < -0.3 is 85.3 Å². The maximum Gasteiger partial charge on any atom is 0.119 e. The van der Waals surface area contributed by atoms with Gasteiger partial charge in [0, 0.05) is 12.0 Å². The Labute approximate surface area is 363 Å².